The Kier molecular flexibility index (Phi) is 8.63. The standard InChI is InChI=1S/C31H30F4N2O4/c1-4-25(39)26-23-17-22(19-6-5-7-20(16-19)28(40)37-30(2,3)14-15-38)24(12-13-31(33,34)35)36-29(23)41-27(26)18-8-10-21(32)11-9-18/h5-11,16-17,38H,4,12-15H2,1-3H3,(H,37,40). The number of rotatable bonds is 10. The lowest BCUT2D eigenvalue weighted by Crippen LogP contribution is -2.44. The molecule has 0 radical (unpaired) electrons. The van der Waals surface area contributed by atoms with Crippen LogP contribution in [0.5, 0.6) is 0 Å². The largest absolute Gasteiger partial charge is 0.437 e. The van der Waals surface area contributed by atoms with Gasteiger partial charge in [0.25, 0.3) is 5.91 Å². The highest BCUT2D eigenvalue weighted by Gasteiger charge is 2.29. The maximum absolute atomic E-state index is 13.6. The number of aliphatic hydroxyl groups excluding tert-OH is 1. The predicted octanol–water partition coefficient (Wildman–Crippen LogP) is 7.28. The van der Waals surface area contributed by atoms with Gasteiger partial charge in [-0.05, 0) is 74.7 Å². The van der Waals surface area contributed by atoms with E-state index in [0.717, 1.165) is 0 Å². The Labute approximate surface area is 234 Å². The van der Waals surface area contributed by atoms with Crippen molar-refractivity contribution in [2.75, 3.05) is 6.61 Å². The van der Waals surface area contributed by atoms with Gasteiger partial charge in [-0.25, -0.2) is 9.37 Å². The van der Waals surface area contributed by atoms with E-state index in [0.29, 0.717) is 28.5 Å². The van der Waals surface area contributed by atoms with Crippen LogP contribution >= 0.6 is 0 Å². The molecule has 0 aliphatic rings. The summed E-state index contributed by atoms with van der Waals surface area (Å²) in [6.45, 7) is 5.08. The van der Waals surface area contributed by atoms with Crippen LogP contribution in [0.3, 0.4) is 0 Å². The quantitative estimate of drug-likeness (QED) is 0.154. The third-order valence-electron chi connectivity index (χ3n) is 6.74. The first-order valence-corrected chi connectivity index (χ1v) is 13.2. The summed E-state index contributed by atoms with van der Waals surface area (Å²) in [4.78, 5) is 30.5. The maximum Gasteiger partial charge on any atom is 0.389 e. The number of hydrogen-bond acceptors (Lipinski definition) is 5. The number of aryl methyl sites for hydroxylation is 1. The van der Waals surface area contributed by atoms with E-state index in [4.69, 9.17) is 4.42 Å². The smallest absolute Gasteiger partial charge is 0.389 e. The van der Waals surface area contributed by atoms with E-state index in [2.05, 4.69) is 10.3 Å². The average molecular weight is 571 g/mol. The molecule has 2 heterocycles. The highest BCUT2D eigenvalue weighted by Crippen LogP contribution is 2.38. The number of alkyl halides is 3. The second kappa shape index (κ2) is 11.8. The highest BCUT2D eigenvalue weighted by molar-refractivity contribution is 6.12. The zero-order valence-electron chi connectivity index (χ0n) is 22.9. The van der Waals surface area contributed by atoms with Gasteiger partial charge in [0, 0.05) is 41.7 Å². The fraction of sp³-hybridized carbons (Fsp3) is 0.323. The topological polar surface area (TPSA) is 92.4 Å². The van der Waals surface area contributed by atoms with Crippen molar-refractivity contribution in [3.63, 3.8) is 0 Å². The fourth-order valence-corrected chi connectivity index (χ4v) is 4.57. The second-order valence-electron chi connectivity index (χ2n) is 10.4. The highest BCUT2D eigenvalue weighted by atomic mass is 19.4. The van der Waals surface area contributed by atoms with Crippen LogP contribution in [0.25, 0.3) is 33.6 Å². The molecule has 216 valence electrons. The van der Waals surface area contributed by atoms with Crippen molar-refractivity contribution in [3.05, 3.63) is 77.2 Å². The molecular formula is C31H30F4N2O4. The van der Waals surface area contributed by atoms with Gasteiger partial charge < -0.3 is 14.8 Å². The van der Waals surface area contributed by atoms with E-state index >= 15 is 0 Å². The Morgan fingerprint density at radius 3 is 2.34 bits per heavy atom. The minimum Gasteiger partial charge on any atom is -0.437 e. The molecule has 4 aromatic rings. The van der Waals surface area contributed by atoms with Crippen molar-refractivity contribution < 1.29 is 36.7 Å². The summed E-state index contributed by atoms with van der Waals surface area (Å²) in [7, 11) is 0. The molecule has 0 saturated heterocycles. The number of amides is 1. The van der Waals surface area contributed by atoms with E-state index in [1.807, 2.05) is 0 Å². The predicted molar refractivity (Wildman–Crippen MR) is 147 cm³/mol. The number of benzene rings is 2. The first kappa shape index (κ1) is 29.9. The first-order chi connectivity index (χ1) is 19.3. The van der Waals surface area contributed by atoms with Crippen LogP contribution in [0.1, 0.15) is 66.4 Å². The van der Waals surface area contributed by atoms with Gasteiger partial charge in [-0.2, -0.15) is 13.2 Å². The monoisotopic (exact) mass is 570 g/mol. The van der Waals surface area contributed by atoms with Gasteiger partial charge in [0.1, 0.15) is 11.6 Å². The van der Waals surface area contributed by atoms with Crippen LogP contribution in [0.2, 0.25) is 0 Å². The third kappa shape index (κ3) is 7.00. The molecule has 4 rings (SSSR count). The Hall–Kier alpha value is -4.05. The van der Waals surface area contributed by atoms with Crippen LogP contribution in [0.15, 0.2) is 59.0 Å². The van der Waals surface area contributed by atoms with Crippen molar-refractivity contribution in [2.24, 2.45) is 0 Å². The van der Waals surface area contributed by atoms with Crippen LogP contribution in [-0.4, -0.2) is 40.1 Å². The van der Waals surface area contributed by atoms with E-state index in [1.54, 1.807) is 51.1 Å². The molecule has 0 fully saturated rings. The van der Waals surface area contributed by atoms with E-state index in [-0.39, 0.29) is 47.1 Å². The van der Waals surface area contributed by atoms with Crippen molar-refractivity contribution in [3.8, 4) is 22.5 Å². The molecular weight excluding hydrogens is 540 g/mol. The molecule has 0 spiro atoms. The Morgan fingerprint density at radius 1 is 1.00 bits per heavy atom. The van der Waals surface area contributed by atoms with Crippen molar-refractivity contribution in [2.45, 2.75) is 58.2 Å². The Bertz CT molecular complexity index is 1570. The molecule has 2 aromatic heterocycles. The summed E-state index contributed by atoms with van der Waals surface area (Å²) in [5.74, 6) is -1.03. The SMILES string of the molecule is CCC(=O)c1c(-c2ccc(F)cc2)oc2nc(CCC(F)(F)F)c(-c3cccc(C(=O)NC(C)(C)CCO)c3)cc12. The number of nitrogens with zero attached hydrogens (tertiary/aromatic N) is 1. The summed E-state index contributed by atoms with van der Waals surface area (Å²) in [6, 6.07) is 13.3. The number of pyridine rings is 1. The van der Waals surface area contributed by atoms with Crippen molar-refractivity contribution in [1.29, 1.82) is 0 Å². The Balaban J connectivity index is 1.89. The zero-order valence-corrected chi connectivity index (χ0v) is 22.9. The number of halogens is 4. The third-order valence-corrected chi connectivity index (χ3v) is 6.74. The molecule has 0 atom stereocenters. The second-order valence-corrected chi connectivity index (χ2v) is 10.4. The zero-order chi connectivity index (χ0) is 29.9. The van der Waals surface area contributed by atoms with Gasteiger partial charge in [0.15, 0.2) is 5.78 Å². The summed E-state index contributed by atoms with van der Waals surface area (Å²) < 4.78 is 59.3. The van der Waals surface area contributed by atoms with Crippen molar-refractivity contribution >= 4 is 22.8 Å². The summed E-state index contributed by atoms with van der Waals surface area (Å²) in [5.41, 5.74) is 1.02. The summed E-state index contributed by atoms with van der Waals surface area (Å²) in [5, 5.41) is 12.4. The van der Waals surface area contributed by atoms with E-state index in [9.17, 15) is 32.3 Å². The minimum absolute atomic E-state index is 0.0123. The van der Waals surface area contributed by atoms with Gasteiger partial charge in [0.05, 0.1) is 16.6 Å². The molecule has 41 heavy (non-hydrogen) atoms. The number of carbonyl (C=O) groups excluding carboxylic acids is 2. The lowest BCUT2D eigenvalue weighted by atomic mass is 9.95. The molecule has 0 bridgehead atoms. The molecule has 0 unspecified atom stereocenters. The fourth-order valence-electron chi connectivity index (χ4n) is 4.57. The minimum atomic E-state index is -4.44. The number of nitrogens with one attached hydrogen (secondary N) is 1. The molecule has 10 heteroatoms. The van der Waals surface area contributed by atoms with Crippen molar-refractivity contribution in [1.82, 2.24) is 10.3 Å². The number of fused-ring (bicyclic) bond motifs is 1. The Morgan fingerprint density at radius 2 is 1.71 bits per heavy atom. The molecule has 0 aliphatic heterocycles. The van der Waals surface area contributed by atoms with Gasteiger partial charge in [0.2, 0.25) is 5.71 Å². The van der Waals surface area contributed by atoms with Gasteiger partial charge in [-0.15, -0.1) is 0 Å². The molecule has 2 aromatic carbocycles. The molecule has 0 saturated carbocycles. The lowest BCUT2D eigenvalue weighted by molar-refractivity contribution is -0.134. The van der Waals surface area contributed by atoms with Crippen LogP contribution in [0, 0.1) is 5.82 Å². The maximum atomic E-state index is 13.6. The molecule has 6 nitrogen and oxygen atoms in total. The van der Waals surface area contributed by atoms with Gasteiger partial charge in [-0.3, -0.25) is 9.59 Å². The molecule has 1 amide bonds. The number of aliphatic hydroxyl groups is 1. The van der Waals surface area contributed by atoms with E-state index in [1.165, 1.54) is 24.3 Å². The average Bonchev–Trinajstić information content (AvgIpc) is 3.29. The first-order valence-electron chi connectivity index (χ1n) is 13.2. The summed E-state index contributed by atoms with van der Waals surface area (Å²) in [6.07, 6.45) is -5.60. The number of hydrogen-bond donors (Lipinski definition) is 2. The summed E-state index contributed by atoms with van der Waals surface area (Å²) >= 11 is 0. The van der Waals surface area contributed by atoms with E-state index < -0.39 is 36.3 Å². The van der Waals surface area contributed by atoms with Crippen LogP contribution < -0.4 is 5.32 Å². The van der Waals surface area contributed by atoms with Gasteiger partial charge in [-0.1, -0.05) is 19.1 Å². The van der Waals surface area contributed by atoms with Crippen LogP contribution in [-0.2, 0) is 6.42 Å². The normalized spacial score (nSPS) is 12.1. The van der Waals surface area contributed by atoms with Crippen LogP contribution in [0.4, 0.5) is 17.6 Å². The number of furan rings is 1. The lowest BCUT2D eigenvalue weighted by Gasteiger charge is -2.25. The number of Topliss-reactive ketones (excluding diaryl/α,β-unsaturated/α-hetero) is 1. The number of aromatic nitrogens is 1. The van der Waals surface area contributed by atoms with Gasteiger partial charge >= 0.3 is 6.18 Å². The number of carbonyl (C=O) groups is 2. The molecule has 0 aliphatic carbocycles. The molecule has 2 N–H and O–H groups in total. The number of ketones is 1.